The van der Waals surface area contributed by atoms with Gasteiger partial charge in [-0.2, -0.15) is 9.97 Å². The summed E-state index contributed by atoms with van der Waals surface area (Å²) >= 11 is 1.82. The highest BCUT2D eigenvalue weighted by molar-refractivity contribution is 7.27. The summed E-state index contributed by atoms with van der Waals surface area (Å²) in [5.41, 5.74) is 9.63. The largest absolute Gasteiger partial charge is 0.277 e. The smallest absolute Gasteiger partial charge is 0.238 e. The lowest BCUT2D eigenvalue weighted by atomic mass is 10.0. The van der Waals surface area contributed by atoms with Crippen molar-refractivity contribution >= 4 is 75.1 Å². The molecule has 0 fully saturated rings. The minimum Gasteiger partial charge on any atom is -0.277 e. The van der Waals surface area contributed by atoms with Crippen LogP contribution in [-0.4, -0.2) is 34.1 Å². The Morgan fingerprint density at radius 2 is 0.730 bits per heavy atom. The van der Waals surface area contributed by atoms with Crippen molar-refractivity contribution in [2.45, 2.75) is 0 Å². The van der Waals surface area contributed by atoms with E-state index in [0.29, 0.717) is 23.5 Å². The number of hydrogen-bond donors (Lipinski definition) is 0. The molecule has 0 unspecified atom stereocenters. The van der Waals surface area contributed by atoms with Gasteiger partial charge in [-0.15, -0.1) is 11.3 Å². The van der Waals surface area contributed by atoms with Crippen LogP contribution in [0.1, 0.15) is 0 Å². The zero-order chi connectivity index (χ0) is 41.4. The van der Waals surface area contributed by atoms with E-state index in [9.17, 15) is 0 Å². The number of para-hydroxylation sites is 2. The van der Waals surface area contributed by atoms with Crippen LogP contribution in [0, 0.1) is 0 Å². The summed E-state index contributed by atoms with van der Waals surface area (Å²) in [6.07, 6.45) is 0. The molecule has 5 aromatic heterocycles. The molecule has 8 aromatic carbocycles. The van der Waals surface area contributed by atoms with E-state index in [0.717, 1.165) is 82.6 Å². The summed E-state index contributed by atoms with van der Waals surface area (Å²) in [5.74, 6) is 2.34. The first-order valence-corrected chi connectivity index (χ1v) is 21.8. The van der Waals surface area contributed by atoms with Crippen molar-refractivity contribution in [1.29, 1.82) is 0 Å². The lowest BCUT2D eigenvalue weighted by Crippen LogP contribution is -2.07. The van der Waals surface area contributed by atoms with Gasteiger partial charge in [-0.25, -0.2) is 15.0 Å². The maximum atomic E-state index is 5.45. The van der Waals surface area contributed by atoms with E-state index in [1.54, 1.807) is 0 Å². The molecule has 0 aliphatic heterocycles. The van der Waals surface area contributed by atoms with Crippen LogP contribution >= 0.6 is 11.3 Å². The predicted molar refractivity (Wildman–Crippen MR) is 259 cm³/mol. The molecule has 0 amide bonds. The van der Waals surface area contributed by atoms with Crippen molar-refractivity contribution in [2.75, 3.05) is 0 Å². The van der Waals surface area contributed by atoms with Crippen LogP contribution in [0.4, 0.5) is 0 Å². The topological polar surface area (TPSA) is 74.3 Å². The van der Waals surface area contributed by atoms with E-state index < -0.39 is 0 Å². The minimum absolute atomic E-state index is 0.543. The molecule has 0 spiro atoms. The van der Waals surface area contributed by atoms with Gasteiger partial charge in [0.25, 0.3) is 0 Å². The number of benzene rings is 8. The number of thiophene rings is 1. The predicted octanol–water partition coefficient (Wildman–Crippen LogP) is 13.9. The van der Waals surface area contributed by atoms with E-state index in [-0.39, 0.29) is 0 Å². The summed E-state index contributed by atoms with van der Waals surface area (Å²) in [7, 11) is 0. The third-order valence-corrected chi connectivity index (χ3v) is 13.2. The van der Waals surface area contributed by atoms with E-state index in [1.807, 2.05) is 59.9 Å². The fraction of sp³-hybridized carbons (Fsp3) is 0. The highest BCUT2D eigenvalue weighted by Crippen LogP contribution is 2.51. The van der Waals surface area contributed by atoms with Crippen LogP contribution in [0.5, 0.6) is 0 Å². The molecule has 0 saturated heterocycles. The molecule has 0 atom stereocenters. The van der Waals surface area contributed by atoms with Crippen LogP contribution in [0.25, 0.3) is 121 Å². The third kappa shape index (κ3) is 5.55. The Bertz CT molecular complexity index is 3620. The lowest BCUT2D eigenvalue weighted by Gasteiger charge is -2.13. The van der Waals surface area contributed by atoms with E-state index >= 15 is 0 Å². The maximum Gasteiger partial charge on any atom is 0.238 e. The van der Waals surface area contributed by atoms with Crippen molar-refractivity contribution in [3.05, 3.63) is 200 Å². The second kappa shape index (κ2) is 14.1. The SMILES string of the molecule is c1ccc(-c2cc(-c3ccccc3)nc(-n3c4ccccc4c4c5sc6ccccc6c5c5c(c6ccccc6n5-c5nc(-c6ccccc6)nc(-c6ccccc6)n5)c43)n2)cc1. The Morgan fingerprint density at radius 1 is 0.333 bits per heavy atom. The van der Waals surface area contributed by atoms with Crippen molar-refractivity contribution in [3.63, 3.8) is 0 Å². The quantitative estimate of drug-likeness (QED) is 0.167. The normalized spacial score (nSPS) is 11.8. The van der Waals surface area contributed by atoms with Gasteiger partial charge in [0.05, 0.1) is 33.5 Å². The first kappa shape index (κ1) is 35.4. The Balaban J connectivity index is 1.24. The molecule has 8 heteroatoms. The molecule has 0 N–H and O–H groups in total. The van der Waals surface area contributed by atoms with Gasteiger partial charge >= 0.3 is 0 Å². The summed E-state index contributed by atoms with van der Waals surface area (Å²) in [4.78, 5) is 26.7. The molecule has 0 radical (unpaired) electrons. The van der Waals surface area contributed by atoms with Crippen molar-refractivity contribution in [3.8, 4) is 57.2 Å². The molecule has 7 nitrogen and oxygen atoms in total. The van der Waals surface area contributed by atoms with Gasteiger partial charge in [-0.1, -0.05) is 176 Å². The van der Waals surface area contributed by atoms with Crippen LogP contribution in [0.15, 0.2) is 200 Å². The molecule has 0 bridgehead atoms. The fourth-order valence-corrected chi connectivity index (χ4v) is 10.5. The number of aromatic nitrogens is 7. The lowest BCUT2D eigenvalue weighted by molar-refractivity contribution is 0.955. The van der Waals surface area contributed by atoms with Gasteiger partial charge in [0.1, 0.15) is 0 Å². The van der Waals surface area contributed by atoms with Gasteiger partial charge in [0.2, 0.25) is 11.9 Å². The van der Waals surface area contributed by atoms with E-state index in [1.165, 1.54) is 14.8 Å². The standard InChI is InChI=1S/C55H33N7S/c1-5-19-34(20-6-1)41-33-42(35-21-7-2-8-22-35)57-54(56-41)61-44-31-17-14-28-39(44)47-49(61)46-38-27-13-16-30-43(38)62(50(46)48-40-29-15-18-32-45(40)63-51(47)48)55-59-52(36-23-9-3-10-24-36)58-53(60-55)37-25-11-4-12-26-37/h1-33H. The zero-order valence-electron chi connectivity index (χ0n) is 33.6. The molecular formula is C55H33N7S. The van der Waals surface area contributed by atoms with E-state index in [2.05, 4.69) is 161 Å². The summed E-state index contributed by atoms with van der Waals surface area (Å²) in [6, 6.07) is 69.3. The van der Waals surface area contributed by atoms with Crippen molar-refractivity contribution in [2.24, 2.45) is 0 Å². The molecule has 13 aromatic rings. The summed E-state index contributed by atoms with van der Waals surface area (Å²) < 4.78 is 6.95. The van der Waals surface area contributed by atoms with Crippen LogP contribution < -0.4 is 0 Å². The minimum atomic E-state index is 0.543. The monoisotopic (exact) mass is 823 g/mol. The third-order valence-electron chi connectivity index (χ3n) is 12.0. The number of fused-ring (bicyclic) bond motifs is 12. The van der Waals surface area contributed by atoms with Crippen molar-refractivity contribution < 1.29 is 0 Å². The van der Waals surface area contributed by atoms with Gasteiger partial charge in [0, 0.05) is 64.0 Å². The Labute approximate surface area is 364 Å². The summed E-state index contributed by atoms with van der Waals surface area (Å²) in [5, 5.41) is 6.78. The second-order valence-electron chi connectivity index (χ2n) is 15.6. The highest BCUT2D eigenvalue weighted by atomic mass is 32.1. The fourth-order valence-electron chi connectivity index (χ4n) is 9.24. The van der Waals surface area contributed by atoms with Crippen molar-refractivity contribution in [1.82, 2.24) is 34.1 Å². The Hall–Kier alpha value is -8.33. The van der Waals surface area contributed by atoms with Gasteiger partial charge in [-0.3, -0.25) is 9.13 Å². The molecule has 0 aliphatic rings. The second-order valence-corrected chi connectivity index (χ2v) is 16.7. The Kier molecular flexibility index (Phi) is 7.94. The molecular weight excluding hydrogens is 791 g/mol. The zero-order valence-corrected chi connectivity index (χ0v) is 34.4. The number of nitrogens with zero attached hydrogens (tertiary/aromatic N) is 7. The van der Waals surface area contributed by atoms with E-state index in [4.69, 9.17) is 24.9 Å². The van der Waals surface area contributed by atoms with Gasteiger partial charge in [-0.05, 0) is 24.3 Å². The van der Waals surface area contributed by atoms with Crippen LogP contribution in [0.2, 0.25) is 0 Å². The Morgan fingerprint density at radius 3 is 1.25 bits per heavy atom. The molecule has 0 saturated carbocycles. The highest BCUT2D eigenvalue weighted by Gasteiger charge is 2.29. The van der Waals surface area contributed by atoms with Crippen LogP contribution in [-0.2, 0) is 0 Å². The maximum absolute atomic E-state index is 5.45. The van der Waals surface area contributed by atoms with Crippen LogP contribution in [0.3, 0.4) is 0 Å². The van der Waals surface area contributed by atoms with Gasteiger partial charge in [0.15, 0.2) is 11.6 Å². The first-order valence-electron chi connectivity index (χ1n) is 20.9. The summed E-state index contributed by atoms with van der Waals surface area (Å²) in [6.45, 7) is 0. The molecule has 0 aliphatic carbocycles. The first-order chi connectivity index (χ1) is 31.3. The van der Waals surface area contributed by atoms with Gasteiger partial charge < -0.3 is 0 Å². The average molecular weight is 824 g/mol. The molecule has 5 heterocycles. The molecule has 294 valence electrons. The average Bonchev–Trinajstić information content (AvgIpc) is 4.03. The molecule has 13 rings (SSSR count). The molecule has 63 heavy (non-hydrogen) atoms. The number of hydrogen-bond acceptors (Lipinski definition) is 6. The number of rotatable bonds is 6.